The van der Waals surface area contributed by atoms with Crippen LogP contribution in [0.3, 0.4) is 0 Å². The number of aromatic nitrogens is 3. The highest BCUT2D eigenvalue weighted by molar-refractivity contribution is 7.99. The van der Waals surface area contributed by atoms with Crippen LogP contribution < -0.4 is 15.1 Å². The molecule has 0 saturated carbocycles. The van der Waals surface area contributed by atoms with Gasteiger partial charge in [0.15, 0.2) is 5.16 Å². The molecule has 2 saturated heterocycles. The normalized spacial score (nSPS) is 16.3. The molecule has 1 amide bonds. The van der Waals surface area contributed by atoms with Crippen LogP contribution in [-0.4, -0.2) is 52.6 Å². The fourth-order valence-electron chi connectivity index (χ4n) is 4.69. The summed E-state index contributed by atoms with van der Waals surface area (Å²) in [4.78, 5) is 17.5. The largest absolute Gasteiger partial charge is 0.467 e. The molecule has 2 fully saturated rings. The molecule has 3 aromatic rings. The smallest absolute Gasteiger partial charge is 0.234 e. The third-order valence-electron chi connectivity index (χ3n) is 6.52. The number of hydrogen-bond acceptors (Lipinski definition) is 7. The molecule has 4 heterocycles. The van der Waals surface area contributed by atoms with Crippen molar-refractivity contribution >= 4 is 35.0 Å². The standard InChI is InChI=1S/C25H32N6O2S/c1-19-16-20(29-11-5-6-12-29)9-10-22(19)26-23(32)18-34-25-28-27-24(30-13-3-2-4-14-30)31(25)17-21-8-7-15-33-21/h7-10,15-16H,2-6,11-14,17-18H2,1H3,(H,26,32). The number of hydrogen-bond donors (Lipinski definition) is 1. The lowest BCUT2D eigenvalue weighted by Crippen LogP contribution is -2.32. The number of thioether (sulfide) groups is 1. The molecule has 0 aliphatic carbocycles. The molecule has 0 bridgehead atoms. The van der Waals surface area contributed by atoms with Crippen molar-refractivity contribution in [2.45, 2.75) is 50.7 Å². The number of rotatable bonds is 8. The number of piperidine rings is 1. The highest BCUT2D eigenvalue weighted by atomic mass is 32.2. The molecule has 1 aromatic carbocycles. The average Bonchev–Trinajstić information content (AvgIpc) is 3.63. The summed E-state index contributed by atoms with van der Waals surface area (Å²) >= 11 is 1.41. The number of anilines is 3. The number of aryl methyl sites for hydroxylation is 1. The second-order valence-corrected chi connectivity index (χ2v) is 9.97. The van der Waals surface area contributed by atoms with Gasteiger partial charge >= 0.3 is 0 Å². The number of nitrogens with zero attached hydrogens (tertiary/aromatic N) is 5. The maximum Gasteiger partial charge on any atom is 0.234 e. The summed E-state index contributed by atoms with van der Waals surface area (Å²) in [6, 6.07) is 10.1. The van der Waals surface area contributed by atoms with E-state index in [9.17, 15) is 4.79 Å². The van der Waals surface area contributed by atoms with Gasteiger partial charge in [-0.3, -0.25) is 9.36 Å². The molecule has 0 atom stereocenters. The van der Waals surface area contributed by atoms with Crippen LogP contribution in [0.1, 0.15) is 43.4 Å². The van der Waals surface area contributed by atoms with Crippen molar-refractivity contribution in [1.82, 2.24) is 14.8 Å². The van der Waals surface area contributed by atoms with Gasteiger partial charge in [0.1, 0.15) is 5.76 Å². The van der Waals surface area contributed by atoms with E-state index in [1.165, 1.54) is 36.7 Å². The maximum atomic E-state index is 12.8. The van der Waals surface area contributed by atoms with E-state index in [1.54, 1.807) is 6.26 Å². The van der Waals surface area contributed by atoms with Crippen molar-refractivity contribution in [3.8, 4) is 0 Å². The van der Waals surface area contributed by atoms with Crippen molar-refractivity contribution in [3.05, 3.63) is 47.9 Å². The van der Waals surface area contributed by atoms with Crippen LogP contribution in [0.15, 0.2) is 46.2 Å². The fraction of sp³-hybridized carbons (Fsp3) is 0.480. The van der Waals surface area contributed by atoms with Crippen molar-refractivity contribution in [2.24, 2.45) is 0 Å². The zero-order chi connectivity index (χ0) is 23.3. The van der Waals surface area contributed by atoms with Gasteiger partial charge in [0.25, 0.3) is 0 Å². The Morgan fingerprint density at radius 3 is 2.53 bits per heavy atom. The van der Waals surface area contributed by atoms with E-state index >= 15 is 0 Å². The Labute approximate surface area is 204 Å². The number of nitrogens with one attached hydrogen (secondary N) is 1. The first-order valence-corrected chi connectivity index (χ1v) is 13.1. The predicted molar refractivity (Wildman–Crippen MR) is 136 cm³/mol. The molecule has 1 N–H and O–H groups in total. The van der Waals surface area contributed by atoms with Gasteiger partial charge in [-0.15, -0.1) is 10.2 Å². The van der Waals surface area contributed by atoms with E-state index in [4.69, 9.17) is 4.42 Å². The lowest BCUT2D eigenvalue weighted by molar-refractivity contribution is -0.113. The van der Waals surface area contributed by atoms with Crippen molar-refractivity contribution in [3.63, 3.8) is 0 Å². The number of benzene rings is 1. The lowest BCUT2D eigenvalue weighted by atomic mass is 10.1. The van der Waals surface area contributed by atoms with E-state index in [1.807, 2.05) is 25.1 Å². The summed E-state index contributed by atoms with van der Waals surface area (Å²) in [5.41, 5.74) is 3.18. The van der Waals surface area contributed by atoms with Gasteiger partial charge in [-0.05, 0) is 74.9 Å². The predicted octanol–water partition coefficient (Wildman–Crippen LogP) is 4.55. The van der Waals surface area contributed by atoms with Crippen LogP contribution in [0.25, 0.3) is 0 Å². The number of carbonyl (C=O) groups excluding carboxylic acids is 1. The second kappa shape index (κ2) is 10.5. The lowest BCUT2D eigenvalue weighted by Gasteiger charge is -2.27. The highest BCUT2D eigenvalue weighted by Crippen LogP contribution is 2.28. The average molecular weight is 481 g/mol. The molecular formula is C25H32N6O2S. The van der Waals surface area contributed by atoms with Gasteiger partial charge in [-0.25, -0.2) is 0 Å². The summed E-state index contributed by atoms with van der Waals surface area (Å²) in [5.74, 6) is 1.92. The molecule has 34 heavy (non-hydrogen) atoms. The van der Waals surface area contributed by atoms with E-state index < -0.39 is 0 Å². The number of amides is 1. The second-order valence-electron chi connectivity index (χ2n) is 9.03. The van der Waals surface area contributed by atoms with Crippen LogP contribution in [0.4, 0.5) is 17.3 Å². The van der Waals surface area contributed by atoms with Crippen LogP contribution in [0.5, 0.6) is 0 Å². The molecule has 2 aromatic heterocycles. The van der Waals surface area contributed by atoms with Crippen molar-refractivity contribution in [1.29, 1.82) is 0 Å². The Bertz CT molecular complexity index is 1100. The summed E-state index contributed by atoms with van der Waals surface area (Å²) in [6.07, 6.45) is 7.75. The van der Waals surface area contributed by atoms with E-state index in [2.05, 4.69) is 42.0 Å². The molecule has 180 valence electrons. The first kappa shape index (κ1) is 22.8. The SMILES string of the molecule is Cc1cc(N2CCCC2)ccc1NC(=O)CSc1nnc(N2CCCCC2)n1Cc1ccco1. The van der Waals surface area contributed by atoms with Crippen LogP contribution >= 0.6 is 11.8 Å². The molecular weight excluding hydrogens is 448 g/mol. The fourth-order valence-corrected chi connectivity index (χ4v) is 5.42. The summed E-state index contributed by atoms with van der Waals surface area (Å²) in [7, 11) is 0. The molecule has 2 aliphatic rings. The third-order valence-corrected chi connectivity index (χ3v) is 7.48. The quantitative estimate of drug-likeness (QED) is 0.474. The monoisotopic (exact) mass is 480 g/mol. The van der Waals surface area contributed by atoms with Gasteiger partial charge < -0.3 is 19.5 Å². The molecule has 8 nitrogen and oxygen atoms in total. The first-order chi connectivity index (χ1) is 16.7. The van der Waals surface area contributed by atoms with Crippen molar-refractivity contribution in [2.75, 3.05) is 47.0 Å². The Morgan fingerprint density at radius 1 is 1.03 bits per heavy atom. The third kappa shape index (κ3) is 5.24. The van der Waals surface area contributed by atoms with Gasteiger partial charge in [0.2, 0.25) is 11.9 Å². The minimum atomic E-state index is -0.0471. The van der Waals surface area contributed by atoms with Crippen LogP contribution in [0.2, 0.25) is 0 Å². The van der Waals surface area contributed by atoms with E-state index in [-0.39, 0.29) is 11.7 Å². The van der Waals surface area contributed by atoms with Gasteiger partial charge in [-0.2, -0.15) is 0 Å². The molecule has 0 spiro atoms. The van der Waals surface area contributed by atoms with Crippen LogP contribution in [0, 0.1) is 6.92 Å². The number of carbonyl (C=O) groups is 1. The topological polar surface area (TPSA) is 79.4 Å². The molecule has 5 rings (SSSR count). The minimum absolute atomic E-state index is 0.0471. The maximum absolute atomic E-state index is 12.8. The summed E-state index contributed by atoms with van der Waals surface area (Å²) in [6.45, 7) is 6.78. The van der Waals surface area contributed by atoms with Gasteiger partial charge in [0, 0.05) is 37.6 Å². The summed E-state index contributed by atoms with van der Waals surface area (Å²) < 4.78 is 7.65. The highest BCUT2D eigenvalue weighted by Gasteiger charge is 2.22. The Hall–Kier alpha value is -2.94. The molecule has 9 heteroatoms. The van der Waals surface area contributed by atoms with Crippen molar-refractivity contribution < 1.29 is 9.21 Å². The van der Waals surface area contributed by atoms with E-state index in [0.29, 0.717) is 6.54 Å². The zero-order valence-electron chi connectivity index (χ0n) is 19.7. The Morgan fingerprint density at radius 2 is 1.79 bits per heavy atom. The molecule has 2 aliphatic heterocycles. The Kier molecular flexibility index (Phi) is 7.08. The first-order valence-electron chi connectivity index (χ1n) is 12.2. The van der Waals surface area contributed by atoms with E-state index in [0.717, 1.165) is 67.1 Å². The van der Waals surface area contributed by atoms with Gasteiger partial charge in [0.05, 0.1) is 18.6 Å². The molecule has 0 radical (unpaired) electrons. The van der Waals surface area contributed by atoms with Crippen LogP contribution in [-0.2, 0) is 11.3 Å². The molecule has 0 unspecified atom stereocenters. The minimum Gasteiger partial charge on any atom is -0.467 e. The Balaban J connectivity index is 1.25. The number of furan rings is 1. The van der Waals surface area contributed by atoms with Gasteiger partial charge in [-0.1, -0.05) is 11.8 Å². The summed E-state index contributed by atoms with van der Waals surface area (Å²) in [5, 5.41) is 12.7. The zero-order valence-corrected chi connectivity index (χ0v) is 20.5.